The molecule has 1 saturated heterocycles. The van der Waals surface area contributed by atoms with Crippen LogP contribution in [0.3, 0.4) is 0 Å². The summed E-state index contributed by atoms with van der Waals surface area (Å²) in [5, 5.41) is 18.1. The van der Waals surface area contributed by atoms with Crippen molar-refractivity contribution in [2.75, 3.05) is 19.6 Å². The van der Waals surface area contributed by atoms with Gasteiger partial charge >= 0.3 is 0 Å². The van der Waals surface area contributed by atoms with E-state index in [9.17, 15) is 4.79 Å². The third kappa shape index (κ3) is 4.69. The van der Waals surface area contributed by atoms with Gasteiger partial charge in [-0.15, -0.1) is 0 Å². The van der Waals surface area contributed by atoms with Gasteiger partial charge in [-0.1, -0.05) is 0 Å². The predicted molar refractivity (Wildman–Crippen MR) is 96.5 cm³/mol. The smallest absolute Gasteiger partial charge is 0.241 e. The average Bonchev–Trinajstić information content (AvgIpc) is 3.20. The van der Waals surface area contributed by atoms with Crippen LogP contribution in [0.2, 0.25) is 0 Å². The van der Waals surface area contributed by atoms with E-state index >= 15 is 0 Å². The maximum Gasteiger partial charge on any atom is 0.241 e. The lowest BCUT2D eigenvalue weighted by molar-refractivity contribution is -0.121. The van der Waals surface area contributed by atoms with E-state index in [-0.39, 0.29) is 12.5 Å². The van der Waals surface area contributed by atoms with E-state index in [4.69, 9.17) is 0 Å². The normalized spacial score (nSPS) is 17.6. The second kappa shape index (κ2) is 8.29. The molecule has 2 aromatic rings. The van der Waals surface area contributed by atoms with Crippen molar-refractivity contribution in [3.63, 3.8) is 0 Å². The average molecular weight is 344 g/mol. The molecule has 0 spiro atoms. The molecule has 7 heteroatoms. The molecular formula is C18H28N6O. The molecule has 0 radical (unpaired) electrons. The minimum absolute atomic E-state index is 0.0112. The Balaban J connectivity index is 1.40. The molecule has 7 nitrogen and oxygen atoms in total. The van der Waals surface area contributed by atoms with Crippen molar-refractivity contribution in [1.29, 1.82) is 0 Å². The van der Waals surface area contributed by atoms with Crippen molar-refractivity contribution in [2.45, 2.75) is 52.0 Å². The fraction of sp³-hybridized carbons (Fsp3) is 0.611. The molecule has 25 heavy (non-hydrogen) atoms. The van der Waals surface area contributed by atoms with Crippen LogP contribution >= 0.6 is 0 Å². The van der Waals surface area contributed by atoms with Gasteiger partial charge in [0.2, 0.25) is 5.91 Å². The predicted octanol–water partition coefficient (Wildman–Crippen LogP) is 1.44. The lowest BCUT2D eigenvalue weighted by Crippen LogP contribution is -2.30. The van der Waals surface area contributed by atoms with Crippen LogP contribution in [0.15, 0.2) is 12.3 Å². The number of rotatable bonds is 7. The number of nitrogens with one attached hydrogen (secondary N) is 3. The lowest BCUT2D eigenvalue weighted by atomic mass is 9.97. The van der Waals surface area contributed by atoms with Crippen LogP contribution in [0.5, 0.6) is 0 Å². The molecule has 0 aliphatic carbocycles. The first-order valence-electron chi connectivity index (χ1n) is 9.14. The van der Waals surface area contributed by atoms with Crippen molar-refractivity contribution in [3.05, 3.63) is 34.9 Å². The van der Waals surface area contributed by atoms with Crippen LogP contribution in [0.1, 0.15) is 47.8 Å². The van der Waals surface area contributed by atoms with Gasteiger partial charge in [-0.05, 0) is 57.7 Å². The second-order valence-electron chi connectivity index (χ2n) is 6.85. The molecule has 0 bridgehead atoms. The first kappa shape index (κ1) is 17.7. The van der Waals surface area contributed by atoms with Crippen molar-refractivity contribution in [2.24, 2.45) is 0 Å². The first-order chi connectivity index (χ1) is 12.1. The molecule has 3 heterocycles. The molecular weight excluding hydrogens is 316 g/mol. The van der Waals surface area contributed by atoms with Crippen LogP contribution in [-0.4, -0.2) is 45.5 Å². The fourth-order valence-electron chi connectivity index (χ4n) is 3.43. The molecule has 3 rings (SSSR count). The van der Waals surface area contributed by atoms with Crippen LogP contribution in [0, 0.1) is 13.8 Å². The maximum absolute atomic E-state index is 12.1. The van der Waals surface area contributed by atoms with Gasteiger partial charge in [0.15, 0.2) is 0 Å². The Morgan fingerprint density at radius 2 is 2.32 bits per heavy atom. The molecule has 1 amide bonds. The van der Waals surface area contributed by atoms with Crippen molar-refractivity contribution in [3.8, 4) is 0 Å². The number of carbonyl (C=O) groups excluding carboxylic acids is 1. The molecule has 1 aliphatic rings. The summed E-state index contributed by atoms with van der Waals surface area (Å²) >= 11 is 0. The molecule has 1 atom stereocenters. The number of aromatic amines is 1. The van der Waals surface area contributed by atoms with Gasteiger partial charge in [0.1, 0.15) is 6.54 Å². The number of amides is 1. The van der Waals surface area contributed by atoms with Gasteiger partial charge in [-0.3, -0.25) is 14.6 Å². The van der Waals surface area contributed by atoms with E-state index in [0.717, 1.165) is 43.0 Å². The van der Waals surface area contributed by atoms with Gasteiger partial charge in [-0.2, -0.15) is 10.2 Å². The molecule has 0 saturated carbocycles. The van der Waals surface area contributed by atoms with E-state index < -0.39 is 0 Å². The van der Waals surface area contributed by atoms with Gasteiger partial charge < -0.3 is 10.6 Å². The van der Waals surface area contributed by atoms with Crippen molar-refractivity contribution < 1.29 is 4.79 Å². The Morgan fingerprint density at radius 1 is 1.44 bits per heavy atom. The fourth-order valence-corrected chi connectivity index (χ4v) is 3.43. The van der Waals surface area contributed by atoms with Crippen LogP contribution < -0.4 is 10.6 Å². The molecule has 136 valence electrons. The Morgan fingerprint density at radius 3 is 3.04 bits per heavy atom. The summed E-state index contributed by atoms with van der Waals surface area (Å²) < 4.78 is 1.74. The molecule has 3 N–H and O–H groups in total. The van der Waals surface area contributed by atoms with Gasteiger partial charge in [0, 0.05) is 30.9 Å². The SMILES string of the molecule is Cc1n[nH]c(C)c1CCCNC(=O)Cn1ccc([C@@H]2CCCNC2)n1. The van der Waals surface area contributed by atoms with E-state index in [0.29, 0.717) is 12.5 Å². The number of carbonyl (C=O) groups is 1. The highest BCUT2D eigenvalue weighted by Gasteiger charge is 2.17. The highest BCUT2D eigenvalue weighted by atomic mass is 16.2. The van der Waals surface area contributed by atoms with E-state index in [1.54, 1.807) is 4.68 Å². The quantitative estimate of drug-likeness (QED) is 0.663. The summed E-state index contributed by atoms with van der Waals surface area (Å²) in [7, 11) is 0. The highest BCUT2D eigenvalue weighted by molar-refractivity contribution is 5.75. The Hall–Kier alpha value is -2.15. The van der Waals surface area contributed by atoms with Crippen LogP contribution in [-0.2, 0) is 17.8 Å². The van der Waals surface area contributed by atoms with Crippen LogP contribution in [0.4, 0.5) is 0 Å². The largest absolute Gasteiger partial charge is 0.354 e. The standard InChI is InChI=1S/C18H28N6O/c1-13-16(14(2)22-21-13)6-4-9-20-18(25)12-24-10-7-17(23-24)15-5-3-8-19-11-15/h7,10,15,19H,3-6,8-9,11-12H2,1-2H3,(H,20,25)(H,21,22)/t15-/m1/s1. The van der Waals surface area contributed by atoms with Crippen molar-refractivity contribution >= 4 is 5.91 Å². The number of piperidine rings is 1. The molecule has 1 aliphatic heterocycles. The summed E-state index contributed by atoms with van der Waals surface area (Å²) in [5.74, 6) is 0.483. The summed E-state index contributed by atoms with van der Waals surface area (Å²) in [5.41, 5.74) is 4.51. The van der Waals surface area contributed by atoms with Gasteiger partial charge in [0.05, 0.1) is 11.4 Å². The number of hydrogen-bond donors (Lipinski definition) is 3. The topological polar surface area (TPSA) is 87.6 Å². The Bertz CT molecular complexity index is 679. The maximum atomic E-state index is 12.1. The molecule has 0 unspecified atom stereocenters. The van der Waals surface area contributed by atoms with E-state index in [1.165, 1.54) is 18.4 Å². The third-order valence-electron chi connectivity index (χ3n) is 4.89. The zero-order valence-corrected chi connectivity index (χ0v) is 15.1. The molecule has 1 fully saturated rings. The van der Waals surface area contributed by atoms with Gasteiger partial charge in [0.25, 0.3) is 0 Å². The first-order valence-corrected chi connectivity index (χ1v) is 9.14. The van der Waals surface area contributed by atoms with E-state index in [1.807, 2.05) is 26.1 Å². The lowest BCUT2D eigenvalue weighted by Gasteiger charge is -2.20. The number of nitrogens with zero attached hydrogens (tertiary/aromatic N) is 3. The minimum atomic E-state index is 0.0112. The summed E-state index contributed by atoms with van der Waals surface area (Å²) in [4.78, 5) is 12.1. The monoisotopic (exact) mass is 344 g/mol. The third-order valence-corrected chi connectivity index (χ3v) is 4.89. The summed E-state index contributed by atoms with van der Waals surface area (Å²) in [6.07, 6.45) is 6.10. The second-order valence-corrected chi connectivity index (χ2v) is 6.85. The number of aryl methyl sites for hydroxylation is 2. The minimum Gasteiger partial charge on any atom is -0.354 e. The van der Waals surface area contributed by atoms with E-state index in [2.05, 4.69) is 25.9 Å². The Kier molecular flexibility index (Phi) is 5.86. The molecule has 2 aromatic heterocycles. The zero-order valence-electron chi connectivity index (χ0n) is 15.1. The van der Waals surface area contributed by atoms with Gasteiger partial charge in [-0.25, -0.2) is 0 Å². The summed E-state index contributed by atoms with van der Waals surface area (Å²) in [6.45, 7) is 7.07. The summed E-state index contributed by atoms with van der Waals surface area (Å²) in [6, 6.07) is 2.04. The van der Waals surface area contributed by atoms with Crippen LogP contribution in [0.25, 0.3) is 0 Å². The highest BCUT2D eigenvalue weighted by Crippen LogP contribution is 2.21. The zero-order chi connectivity index (χ0) is 17.6. The number of aromatic nitrogens is 4. The Labute approximate surface area is 148 Å². The number of H-pyrrole nitrogens is 1. The molecule has 0 aromatic carbocycles. The van der Waals surface area contributed by atoms with Crippen molar-refractivity contribution in [1.82, 2.24) is 30.6 Å². The number of hydrogen-bond acceptors (Lipinski definition) is 4.